The van der Waals surface area contributed by atoms with Gasteiger partial charge in [0.05, 0.1) is 6.54 Å². The second-order valence-electron chi connectivity index (χ2n) is 5.31. The summed E-state index contributed by atoms with van der Waals surface area (Å²) < 4.78 is 0. The minimum Gasteiger partial charge on any atom is -0.480 e. The number of nitroso groups, excluding NO2 is 1. The Morgan fingerprint density at radius 2 is 1.30 bits per heavy atom. The lowest BCUT2D eigenvalue weighted by molar-refractivity contribution is -0.137. The third-order valence-corrected chi connectivity index (χ3v) is 3.30. The molecule has 5 nitrogen and oxygen atoms in total. The summed E-state index contributed by atoms with van der Waals surface area (Å²) in [6.45, 7) is 3.32. The van der Waals surface area contributed by atoms with Gasteiger partial charge < -0.3 is 5.11 Å². The molecule has 0 radical (unpaired) electrons. The first-order valence-corrected chi connectivity index (χ1v) is 7.77. The van der Waals surface area contributed by atoms with Gasteiger partial charge in [0.25, 0.3) is 0 Å². The van der Waals surface area contributed by atoms with Gasteiger partial charge in [-0.15, -0.1) is 0 Å². The second kappa shape index (κ2) is 18.0. The summed E-state index contributed by atoms with van der Waals surface area (Å²) >= 11 is 0. The Kier molecular flexibility index (Phi) is 19.2. The summed E-state index contributed by atoms with van der Waals surface area (Å²) in [5, 5.41) is 8.60. The number of carboxylic acid groups (broad SMARTS) is 1. The van der Waals surface area contributed by atoms with E-state index in [4.69, 9.17) is 10.0 Å². The van der Waals surface area contributed by atoms with Crippen LogP contribution in [0.25, 0.3) is 0 Å². The number of rotatable bonds is 13. The summed E-state index contributed by atoms with van der Waals surface area (Å²) in [6.07, 6.45) is 13.3. The van der Waals surface area contributed by atoms with Crippen LogP contribution in [-0.2, 0) is 4.79 Å². The van der Waals surface area contributed by atoms with Crippen molar-refractivity contribution >= 4 is 5.97 Å². The van der Waals surface area contributed by atoms with Gasteiger partial charge in [0.1, 0.15) is 0 Å². The Balaban J connectivity index is 0. The van der Waals surface area contributed by atoms with Crippen LogP contribution in [-0.4, -0.2) is 36.1 Å². The van der Waals surface area contributed by atoms with Crippen LogP contribution < -0.4 is 0 Å². The molecular formula is C15H32N2O3. The van der Waals surface area contributed by atoms with E-state index in [2.05, 4.69) is 12.5 Å². The molecule has 0 unspecified atom stereocenters. The lowest BCUT2D eigenvalue weighted by atomic mass is 10.1. The monoisotopic (exact) mass is 288 g/mol. The van der Waals surface area contributed by atoms with Crippen LogP contribution in [0.3, 0.4) is 0 Å². The minimum absolute atomic E-state index is 0.164. The maximum Gasteiger partial charge on any atom is 0.317 e. The maximum absolute atomic E-state index is 10.5. The number of carbonyl (C=O) groups is 1. The zero-order valence-electron chi connectivity index (χ0n) is 13.2. The highest BCUT2D eigenvalue weighted by atomic mass is 16.4. The van der Waals surface area contributed by atoms with Gasteiger partial charge in [0.15, 0.2) is 0 Å². The summed E-state index contributed by atoms with van der Waals surface area (Å²) in [5.74, 6) is -0.732. The molecular weight excluding hydrogens is 256 g/mol. The topological polar surface area (TPSA) is 81.5 Å². The van der Waals surface area contributed by atoms with Crippen molar-refractivity contribution in [3.63, 3.8) is 0 Å². The van der Waals surface area contributed by atoms with Crippen LogP contribution >= 0.6 is 0 Å². The molecule has 0 aliphatic rings. The van der Waals surface area contributed by atoms with Crippen LogP contribution in [0.2, 0.25) is 0 Å². The first-order valence-electron chi connectivity index (χ1n) is 7.77. The van der Waals surface area contributed by atoms with E-state index in [1.54, 1.807) is 0 Å². The standard InChI is InChI=1S/C15H31NO2.HNO/c1-3-4-5-6-7-8-9-10-11-12-13-16(2)14-15(17)18;1-2/h3-14H2,1-2H3,(H,17,18);1H. The lowest BCUT2D eigenvalue weighted by Crippen LogP contribution is -2.26. The molecule has 5 heteroatoms. The molecule has 0 saturated heterocycles. The number of likely N-dealkylation sites (N-methyl/N-ethyl adjacent to an activating group) is 1. The molecule has 0 aromatic carbocycles. The molecule has 0 aliphatic carbocycles. The average Bonchev–Trinajstić information content (AvgIpc) is 2.42. The normalized spacial score (nSPS) is 10.2. The molecule has 0 aliphatic heterocycles. The molecule has 0 rings (SSSR count). The second-order valence-corrected chi connectivity index (χ2v) is 5.31. The fraction of sp³-hybridized carbons (Fsp3) is 0.933. The minimum atomic E-state index is -0.732. The van der Waals surface area contributed by atoms with E-state index >= 15 is 0 Å². The van der Waals surface area contributed by atoms with Crippen LogP contribution in [0.1, 0.15) is 71.1 Å². The Labute approximate surface area is 123 Å². The van der Waals surface area contributed by atoms with Gasteiger partial charge in [-0.05, 0) is 20.0 Å². The SMILES string of the molecule is CCCCCCCCCCCCN(C)CC(=O)O.N=O. The predicted octanol–water partition coefficient (Wildman–Crippen LogP) is 4.26. The fourth-order valence-corrected chi connectivity index (χ4v) is 2.18. The van der Waals surface area contributed by atoms with Gasteiger partial charge in [0.2, 0.25) is 0 Å². The number of unbranched alkanes of at least 4 members (excludes halogenated alkanes) is 9. The van der Waals surface area contributed by atoms with Crippen molar-refractivity contribution in [2.45, 2.75) is 71.1 Å². The molecule has 0 atom stereocenters. The number of aliphatic carboxylic acids is 1. The number of carboxylic acids is 1. The molecule has 0 bridgehead atoms. The molecule has 0 saturated carbocycles. The predicted molar refractivity (Wildman–Crippen MR) is 83.1 cm³/mol. The smallest absolute Gasteiger partial charge is 0.317 e. The van der Waals surface area contributed by atoms with Crippen molar-refractivity contribution in [3.8, 4) is 0 Å². The lowest BCUT2D eigenvalue weighted by Gasteiger charge is -2.13. The van der Waals surface area contributed by atoms with Gasteiger partial charge in [-0.3, -0.25) is 9.69 Å². The zero-order chi connectivity index (χ0) is 15.6. The molecule has 0 spiro atoms. The van der Waals surface area contributed by atoms with Crippen molar-refractivity contribution in [2.75, 3.05) is 20.1 Å². The van der Waals surface area contributed by atoms with Gasteiger partial charge in [0, 0.05) is 0 Å². The Bertz CT molecular complexity index is 213. The van der Waals surface area contributed by atoms with Crippen molar-refractivity contribution < 1.29 is 9.90 Å². The Morgan fingerprint density at radius 1 is 0.900 bits per heavy atom. The number of hydrogen-bond donors (Lipinski definition) is 2. The number of hydrogen-bond acceptors (Lipinski definition) is 4. The van der Waals surface area contributed by atoms with Crippen molar-refractivity contribution in [3.05, 3.63) is 4.91 Å². The molecule has 0 heterocycles. The van der Waals surface area contributed by atoms with Crippen LogP contribution in [0.4, 0.5) is 0 Å². The average molecular weight is 288 g/mol. The van der Waals surface area contributed by atoms with Crippen molar-refractivity contribution in [1.29, 1.82) is 5.59 Å². The molecule has 2 N–H and O–H groups in total. The van der Waals surface area contributed by atoms with E-state index in [0.29, 0.717) is 0 Å². The van der Waals surface area contributed by atoms with Crippen molar-refractivity contribution in [2.24, 2.45) is 0 Å². The highest BCUT2D eigenvalue weighted by Gasteiger charge is 2.02. The van der Waals surface area contributed by atoms with Crippen LogP contribution in [0.5, 0.6) is 0 Å². The molecule has 0 amide bonds. The van der Waals surface area contributed by atoms with Gasteiger partial charge in [-0.25, -0.2) is 0 Å². The Morgan fingerprint density at radius 3 is 1.70 bits per heavy atom. The summed E-state index contributed by atoms with van der Waals surface area (Å²) in [7, 11) is 1.88. The highest BCUT2D eigenvalue weighted by molar-refractivity contribution is 5.68. The zero-order valence-corrected chi connectivity index (χ0v) is 13.2. The first kappa shape index (κ1) is 21.3. The van der Waals surface area contributed by atoms with Gasteiger partial charge in [-0.2, -0.15) is 4.91 Å². The van der Waals surface area contributed by atoms with Crippen LogP contribution in [0.15, 0.2) is 0 Å². The fourth-order valence-electron chi connectivity index (χ4n) is 2.18. The molecule has 120 valence electrons. The molecule has 20 heavy (non-hydrogen) atoms. The van der Waals surface area contributed by atoms with Crippen LogP contribution in [0, 0.1) is 10.5 Å². The van der Waals surface area contributed by atoms with E-state index in [-0.39, 0.29) is 6.54 Å². The molecule has 0 fully saturated rings. The van der Waals surface area contributed by atoms with E-state index in [9.17, 15) is 4.79 Å². The number of nitrogens with zero attached hydrogens (tertiary/aromatic N) is 1. The van der Waals surface area contributed by atoms with Gasteiger partial charge in [-0.1, -0.05) is 70.3 Å². The Hall–Kier alpha value is -0.970. The molecule has 0 aromatic heterocycles. The molecule has 0 aromatic rings. The third kappa shape index (κ3) is 19.4. The third-order valence-electron chi connectivity index (χ3n) is 3.30. The van der Waals surface area contributed by atoms with E-state index < -0.39 is 5.97 Å². The van der Waals surface area contributed by atoms with E-state index in [1.165, 1.54) is 57.8 Å². The largest absolute Gasteiger partial charge is 0.480 e. The van der Waals surface area contributed by atoms with Gasteiger partial charge >= 0.3 is 5.97 Å². The summed E-state index contributed by atoms with van der Waals surface area (Å²) in [4.78, 5) is 19.8. The summed E-state index contributed by atoms with van der Waals surface area (Å²) in [5.41, 5.74) is 4.50. The van der Waals surface area contributed by atoms with Crippen molar-refractivity contribution in [1.82, 2.24) is 4.90 Å². The van der Waals surface area contributed by atoms with E-state index in [0.717, 1.165) is 13.0 Å². The summed E-state index contributed by atoms with van der Waals surface area (Å²) in [6, 6.07) is 0. The quantitative estimate of drug-likeness (QED) is 0.392. The first-order chi connectivity index (χ1) is 9.66. The number of nitrogens with one attached hydrogen (secondary N) is 1. The highest BCUT2D eigenvalue weighted by Crippen LogP contribution is 2.10. The maximum atomic E-state index is 10.5. The van der Waals surface area contributed by atoms with E-state index in [1.807, 2.05) is 11.9 Å².